The molecule has 2 atom stereocenters. The molecular formula is C55H100NO8+. The number of likely N-dealkylation sites (N-methyl/N-ethyl adjacent to an activating group) is 1. The normalized spacial score (nSPS) is 13.2. The number of carbonyl (C=O) groups is 3. The fourth-order valence-corrected chi connectivity index (χ4v) is 7.19. The highest BCUT2D eigenvalue weighted by Crippen LogP contribution is 2.15. The Morgan fingerprint density at radius 3 is 1.25 bits per heavy atom. The predicted octanol–water partition coefficient (Wildman–Crippen LogP) is 14.7. The summed E-state index contributed by atoms with van der Waals surface area (Å²) in [7, 11) is 5.96. The largest absolute Gasteiger partial charge is 0.477 e. The summed E-state index contributed by atoms with van der Waals surface area (Å²) < 4.78 is 22.8. The number of quaternary nitrogens is 1. The van der Waals surface area contributed by atoms with Crippen molar-refractivity contribution in [2.45, 2.75) is 238 Å². The van der Waals surface area contributed by atoms with E-state index in [4.69, 9.17) is 18.9 Å². The topological polar surface area (TPSA) is 108 Å². The molecule has 0 aromatic rings. The molecule has 2 unspecified atom stereocenters. The van der Waals surface area contributed by atoms with Gasteiger partial charge in [0.1, 0.15) is 13.2 Å². The average molecular weight is 903 g/mol. The van der Waals surface area contributed by atoms with Gasteiger partial charge in [-0.25, -0.2) is 4.79 Å². The molecule has 372 valence electrons. The molecule has 0 aliphatic heterocycles. The molecule has 0 amide bonds. The van der Waals surface area contributed by atoms with Crippen molar-refractivity contribution in [2.24, 2.45) is 0 Å². The molecule has 0 saturated carbocycles. The van der Waals surface area contributed by atoms with Crippen LogP contribution in [0, 0.1) is 0 Å². The first-order valence-corrected chi connectivity index (χ1v) is 26.3. The molecule has 0 aromatic carbocycles. The van der Waals surface area contributed by atoms with Crippen molar-refractivity contribution >= 4 is 17.9 Å². The van der Waals surface area contributed by atoms with E-state index in [1.54, 1.807) is 0 Å². The third-order valence-electron chi connectivity index (χ3n) is 11.3. The second kappa shape index (κ2) is 46.8. The van der Waals surface area contributed by atoms with E-state index < -0.39 is 24.3 Å². The van der Waals surface area contributed by atoms with E-state index in [0.29, 0.717) is 23.9 Å². The molecule has 0 aromatic heterocycles. The lowest BCUT2D eigenvalue weighted by Gasteiger charge is -2.25. The van der Waals surface area contributed by atoms with Crippen molar-refractivity contribution in [2.75, 3.05) is 47.5 Å². The van der Waals surface area contributed by atoms with Gasteiger partial charge in [-0.1, -0.05) is 184 Å². The van der Waals surface area contributed by atoms with Gasteiger partial charge in [0.05, 0.1) is 34.4 Å². The standard InChI is InChI=1S/C55H99NO8/c1-6-8-10-12-14-16-18-20-22-24-26-27-28-30-32-34-36-38-40-42-44-46-53(58)64-51(50-63-55(54(59)60)61-48-47-56(3,4)5)49-62-52(57)45-43-41-39-37-35-33-31-29-25-23-21-19-17-15-13-11-9-7-2/h17-20,23-26,51,55H,6-16,21-22,27-50H2,1-5H3/p+1/b19-17-,20-18-,25-23-,26-24-. The number of hydrogen-bond donors (Lipinski definition) is 1. The molecule has 0 heterocycles. The molecule has 9 heteroatoms. The van der Waals surface area contributed by atoms with Gasteiger partial charge in [0.25, 0.3) is 6.29 Å². The Morgan fingerprint density at radius 2 is 0.844 bits per heavy atom. The molecule has 0 aliphatic carbocycles. The SMILES string of the molecule is CCCCCC/C=C\C/C=C\CCCCCCCCCC(=O)OCC(COC(OCC[N+](C)(C)C)C(=O)O)OC(=O)CCCCCCCCCCC/C=C\C/C=C\CCCCCCC. The number of carboxylic acids is 1. The second-order valence-corrected chi connectivity index (χ2v) is 18.8. The second-order valence-electron chi connectivity index (χ2n) is 18.8. The molecule has 64 heavy (non-hydrogen) atoms. The molecular weight excluding hydrogens is 803 g/mol. The number of carbonyl (C=O) groups excluding carboxylic acids is 2. The van der Waals surface area contributed by atoms with E-state index in [-0.39, 0.29) is 32.2 Å². The highest BCUT2D eigenvalue weighted by molar-refractivity contribution is 5.71. The van der Waals surface area contributed by atoms with Gasteiger partial charge < -0.3 is 28.5 Å². The smallest absolute Gasteiger partial charge is 0.361 e. The first-order valence-electron chi connectivity index (χ1n) is 26.3. The lowest BCUT2D eigenvalue weighted by Crippen LogP contribution is -2.40. The first-order chi connectivity index (χ1) is 31.1. The fraction of sp³-hybridized carbons (Fsp3) is 0.800. The van der Waals surface area contributed by atoms with Crippen LogP contribution >= 0.6 is 0 Å². The molecule has 0 radical (unpaired) electrons. The minimum absolute atomic E-state index is 0.184. The van der Waals surface area contributed by atoms with Crippen LogP contribution in [-0.2, 0) is 33.3 Å². The molecule has 0 rings (SSSR count). The Morgan fingerprint density at radius 1 is 0.469 bits per heavy atom. The van der Waals surface area contributed by atoms with Crippen LogP contribution < -0.4 is 0 Å². The lowest BCUT2D eigenvalue weighted by atomic mass is 10.1. The molecule has 0 bridgehead atoms. The summed E-state index contributed by atoms with van der Waals surface area (Å²) in [6.07, 6.45) is 53.1. The average Bonchev–Trinajstić information content (AvgIpc) is 3.26. The molecule has 9 nitrogen and oxygen atoms in total. The molecule has 0 aliphatic rings. The number of allylic oxidation sites excluding steroid dienone is 8. The summed E-state index contributed by atoms with van der Waals surface area (Å²) in [5, 5.41) is 9.67. The predicted molar refractivity (Wildman–Crippen MR) is 267 cm³/mol. The first kappa shape index (κ1) is 61.2. The maximum absolute atomic E-state index is 12.8. The molecule has 1 N–H and O–H groups in total. The minimum atomic E-state index is -1.51. The van der Waals surface area contributed by atoms with Crippen molar-refractivity contribution in [3.8, 4) is 0 Å². The van der Waals surface area contributed by atoms with Crippen LogP contribution in [0.25, 0.3) is 0 Å². The summed E-state index contributed by atoms with van der Waals surface area (Å²) in [4.78, 5) is 37.3. The van der Waals surface area contributed by atoms with Crippen LogP contribution in [0.4, 0.5) is 0 Å². The molecule has 0 spiro atoms. The van der Waals surface area contributed by atoms with Crippen LogP contribution in [0.5, 0.6) is 0 Å². The number of hydrogen-bond acceptors (Lipinski definition) is 7. The zero-order chi connectivity index (χ0) is 47.0. The molecule has 0 saturated heterocycles. The number of esters is 2. The van der Waals surface area contributed by atoms with Gasteiger partial charge in [-0.05, 0) is 77.0 Å². The van der Waals surface area contributed by atoms with Crippen molar-refractivity contribution in [1.82, 2.24) is 0 Å². The van der Waals surface area contributed by atoms with Gasteiger partial charge in [-0.2, -0.15) is 0 Å². The van der Waals surface area contributed by atoms with E-state index in [0.717, 1.165) is 64.2 Å². The number of rotatable bonds is 48. The van der Waals surface area contributed by atoms with Gasteiger partial charge in [0, 0.05) is 12.8 Å². The quantitative estimate of drug-likeness (QED) is 0.0211. The van der Waals surface area contributed by atoms with E-state index in [1.165, 1.54) is 128 Å². The van der Waals surface area contributed by atoms with E-state index in [9.17, 15) is 19.5 Å². The van der Waals surface area contributed by atoms with E-state index in [2.05, 4.69) is 62.5 Å². The van der Waals surface area contributed by atoms with Gasteiger partial charge in [0.15, 0.2) is 6.10 Å². The van der Waals surface area contributed by atoms with Crippen molar-refractivity contribution in [1.29, 1.82) is 0 Å². The summed E-state index contributed by atoms with van der Waals surface area (Å²) in [6, 6.07) is 0. The zero-order valence-electron chi connectivity index (χ0n) is 42.2. The maximum atomic E-state index is 12.8. The number of carboxylic acid groups (broad SMARTS) is 1. The van der Waals surface area contributed by atoms with Crippen LogP contribution in [0.1, 0.15) is 226 Å². The number of nitrogens with zero attached hydrogens (tertiary/aromatic N) is 1. The molecule has 0 fully saturated rings. The summed E-state index contributed by atoms with van der Waals surface area (Å²) in [5.74, 6) is -2.02. The van der Waals surface area contributed by atoms with E-state index in [1.807, 2.05) is 21.1 Å². The number of ether oxygens (including phenoxy) is 4. The van der Waals surface area contributed by atoms with Gasteiger partial charge in [-0.15, -0.1) is 0 Å². The van der Waals surface area contributed by atoms with Gasteiger partial charge in [-0.3, -0.25) is 9.59 Å². The number of aliphatic carboxylic acids is 1. The zero-order valence-corrected chi connectivity index (χ0v) is 42.2. The summed E-state index contributed by atoms with van der Waals surface area (Å²) in [5.41, 5.74) is 0. The Kier molecular flexibility index (Phi) is 44.8. The Hall–Kier alpha value is -2.75. The Balaban J connectivity index is 4.35. The van der Waals surface area contributed by atoms with Gasteiger partial charge >= 0.3 is 17.9 Å². The monoisotopic (exact) mass is 903 g/mol. The highest BCUT2D eigenvalue weighted by atomic mass is 16.7. The Labute approximate surface area is 393 Å². The maximum Gasteiger partial charge on any atom is 0.361 e. The lowest BCUT2D eigenvalue weighted by molar-refractivity contribution is -0.870. The Bertz CT molecular complexity index is 1190. The number of unbranched alkanes of at least 4 members (excludes halogenated alkanes) is 25. The van der Waals surface area contributed by atoms with Crippen LogP contribution in [-0.4, -0.2) is 87.4 Å². The fourth-order valence-electron chi connectivity index (χ4n) is 7.19. The highest BCUT2D eigenvalue weighted by Gasteiger charge is 2.25. The van der Waals surface area contributed by atoms with E-state index >= 15 is 0 Å². The van der Waals surface area contributed by atoms with Crippen molar-refractivity contribution < 1.29 is 42.9 Å². The van der Waals surface area contributed by atoms with Crippen LogP contribution in [0.15, 0.2) is 48.6 Å². The summed E-state index contributed by atoms with van der Waals surface area (Å²) >= 11 is 0. The van der Waals surface area contributed by atoms with Crippen molar-refractivity contribution in [3.05, 3.63) is 48.6 Å². The van der Waals surface area contributed by atoms with Crippen LogP contribution in [0.3, 0.4) is 0 Å². The third-order valence-corrected chi connectivity index (χ3v) is 11.3. The summed E-state index contributed by atoms with van der Waals surface area (Å²) in [6.45, 7) is 4.85. The van der Waals surface area contributed by atoms with Crippen molar-refractivity contribution in [3.63, 3.8) is 0 Å². The van der Waals surface area contributed by atoms with Crippen LogP contribution in [0.2, 0.25) is 0 Å². The third kappa shape index (κ3) is 47.2. The van der Waals surface area contributed by atoms with Gasteiger partial charge in [0.2, 0.25) is 0 Å². The minimum Gasteiger partial charge on any atom is -0.477 e.